The van der Waals surface area contributed by atoms with Gasteiger partial charge in [0.2, 0.25) is 0 Å². The summed E-state index contributed by atoms with van der Waals surface area (Å²) in [6, 6.07) is 5.40. The number of nitrogens with zero attached hydrogens (tertiary/aromatic N) is 3. The molecule has 3 aromatic rings. The van der Waals surface area contributed by atoms with Gasteiger partial charge in [-0.3, -0.25) is 0 Å². The molecule has 2 aromatic heterocycles. The molecule has 1 aromatic carbocycles. The van der Waals surface area contributed by atoms with E-state index in [4.69, 9.17) is 11.5 Å². The van der Waals surface area contributed by atoms with Crippen LogP contribution in [0.1, 0.15) is 0 Å². The SMILES string of the molecule is Nc1cc(N)cc(-c2nc3nccnc3s2)c1. The molecule has 17 heavy (non-hydrogen) atoms. The number of rotatable bonds is 1. The summed E-state index contributed by atoms with van der Waals surface area (Å²) < 4.78 is 0. The number of aromatic nitrogens is 3. The van der Waals surface area contributed by atoms with E-state index in [2.05, 4.69) is 15.0 Å². The van der Waals surface area contributed by atoms with Crippen LogP contribution in [-0.4, -0.2) is 15.0 Å². The number of hydrogen-bond acceptors (Lipinski definition) is 6. The van der Waals surface area contributed by atoms with Gasteiger partial charge in [0.15, 0.2) is 10.5 Å². The van der Waals surface area contributed by atoms with E-state index in [-0.39, 0.29) is 0 Å². The number of nitrogen functional groups attached to an aromatic ring is 2. The first-order chi connectivity index (χ1) is 8.22. The number of nitrogens with two attached hydrogens (primary N) is 2. The van der Waals surface area contributed by atoms with Gasteiger partial charge < -0.3 is 11.5 Å². The predicted octanol–water partition coefficient (Wildman–Crippen LogP) is 1.92. The summed E-state index contributed by atoms with van der Waals surface area (Å²) in [6.07, 6.45) is 3.28. The molecule has 0 saturated heterocycles. The van der Waals surface area contributed by atoms with E-state index in [0.717, 1.165) is 15.4 Å². The van der Waals surface area contributed by atoms with Crippen LogP contribution in [0.2, 0.25) is 0 Å². The summed E-state index contributed by atoms with van der Waals surface area (Å²) in [7, 11) is 0. The third kappa shape index (κ3) is 1.78. The minimum absolute atomic E-state index is 0.625. The topological polar surface area (TPSA) is 90.7 Å². The fourth-order valence-electron chi connectivity index (χ4n) is 1.60. The molecule has 0 unspecified atom stereocenters. The molecule has 0 fully saturated rings. The van der Waals surface area contributed by atoms with Gasteiger partial charge in [0.05, 0.1) is 0 Å². The molecule has 5 nitrogen and oxygen atoms in total. The third-order valence-corrected chi connectivity index (χ3v) is 3.27. The Hall–Kier alpha value is -2.21. The van der Waals surface area contributed by atoms with Crippen molar-refractivity contribution < 1.29 is 0 Å². The zero-order valence-corrected chi connectivity index (χ0v) is 9.61. The van der Waals surface area contributed by atoms with E-state index in [1.54, 1.807) is 18.5 Å². The predicted molar refractivity (Wildman–Crippen MR) is 69.5 cm³/mol. The van der Waals surface area contributed by atoms with Crippen molar-refractivity contribution in [1.29, 1.82) is 0 Å². The molecule has 0 spiro atoms. The Kier molecular flexibility index (Phi) is 2.15. The van der Waals surface area contributed by atoms with Crippen molar-refractivity contribution in [2.45, 2.75) is 0 Å². The molecule has 6 heteroatoms. The van der Waals surface area contributed by atoms with E-state index >= 15 is 0 Å². The van der Waals surface area contributed by atoms with Crippen molar-refractivity contribution in [3.8, 4) is 10.6 Å². The maximum atomic E-state index is 5.76. The van der Waals surface area contributed by atoms with Crippen molar-refractivity contribution in [2.24, 2.45) is 0 Å². The Morgan fingerprint density at radius 2 is 1.65 bits per heavy atom. The Balaban J connectivity index is 2.20. The van der Waals surface area contributed by atoms with Crippen molar-refractivity contribution in [3.63, 3.8) is 0 Å². The highest BCUT2D eigenvalue weighted by molar-refractivity contribution is 7.21. The lowest BCUT2D eigenvalue weighted by Gasteiger charge is -2.00. The Morgan fingerprint density at radius 1 is 0.941 bits per heavy atom. The number of benzene rings is 1. The quantitative estimate of drug-likeness (QED) is 0.637. The molecule has 84 valence electrons. The zero-order valence-electron chi connectivity index (χ0n) is 8.79. The first-order valence-electron chi connectivity index (χ1n) is 4.96. The minimum Gasteiger partial charge on any atom is -0.399 e. The molecule has 4 N–H and O–H groups in total. The third-order valence-electron chi connectivity index (χ3n) is 2.27. The van der Waals surface area contributed by atoms with E-state index < -0.39 is 0 Å². The number of hydrogen-bond donors (Lipinski definition) is 2. The van der Waals surface area contributed by atoms with Gasteiger partial charge in [-0.05, 0) is 18.2 Å². The standard InChI is InChI=1S/C11H9N5S/c12-7-3-6(4-8(13)5-7)10-16-9-11(17-10)15-2-1-14-9/h1-5H,12-13H2. The maximum absolute atomic E-state index is 5.76. The molecule has 2 heterocycles. The summed E-state index contributed by atoms with van der Waals surface area (Å²) in [6.45, 7) is 0. The smallest absolute Gasteiger partial charge is 0.190 e. The van der Waals surface area contributed by atoms with Crippen LogP contribution in [0.25, 0.3) is 21.0 Å². The van der Waals surface area contributed by atoms with Crippen LogP contribution in [-0.2, 0) is 0 Å². The molecule has 0 amide bonds. The summed E-state index contributed by atoms with van der Waals surface area (Å²) in [5.41, 5.74) is 14.3. The Labute approximate surface area is 101 Å². The first-order valence-corrected chi connectivity index (χ1v) is 5.78. The summed E-state index contributed by atoms with van der Waals surface area (Å²) in [5, 5.41) is 0.824. The van der Waals surface area contributed by atoms with Crippen LogP contribution in [0.15, 0.2) is 30.6 Å². The summed E-state index contributed by atoms with van der Waals surface area (Å²) in [5.74, 6) is 0. The number of thiazole rings is 1. The lowest BCUT2D eigenvalue weighted by Crippen LogP contribution is -1.91. The Bertz CT molecular complexity index is 638. The monoisotopic (exact) mass is 243 g/mol. The summed E-state index contributed by atoms with van der Waals surface area (Å²) >= 11 is 1.47. The van der Waals surface area contributed by atoms with Crippen LogP contribution in [0.4, 0.5) is 11.4 Å². The van der Waals surface area contributed by atoms with Crippen LogP contribution in [0.5, 0.6) is 0 Å². The van der Waals surface area contributed by atoms with Crippen molar-refractivity contribution >= 4 is 33.2 Å². The zero-order chi connectivity index (χ0) is 11.8. The van der Waals surface area contributed by atoms with Gasteiger partial charge in [0.1, 0.15) is 5.01 Å². The lowest BCUT2D eigenvalue weighted by atomic mass is 10.2. The molecule has 0 aliphatic rings. The van der Waals surface area contributed by atoms with Crippen molar-refractivity contribution in [3.05, 3.63) is 30.6 Å². The highest BCUT2D eigenvalue weighted by Crippen LogP contribution is 2.30. The molecule has 0 atom stereocenters. The Morgan fingerprint density at radius 3 is 2.35 bits per heavy atom. The molecule has 0 aliphatic carbocycles. The second-order valence-corrected chi connectivity index (χ2v) is 4.57. The second-order valence-electron chi connectivity index (χ2n) is 3.59. The average molecular weight is 243 g/mol. The number of anilines is 2. The molecule has 0 bridgehead atoms. The van der Waals surface area contributed by atoms with Gasteiger partial charge in [-0.15, -0.1) is 0 Å². The molecular weight excluding hydrogens is 234 g/mol. The second kappa shape index (κ2) is 3.67. The highest BCUT2D eigenvalue weighted by Gasteiger charge is 2.08. The van der Waals surface area contributed by atoms with Crippen molar-refractivity contribution in [2.75, 3.05) is 11.5 Å². The van der Waals surface area contributed by atoms with E-state index in [1.165, 1.54) is 11.3 Å². The molecule has 3 rings (SSSR count). The summed E-state index contributed by atoms with van der Waals surface area (Å²) in [4.78, 5) is 13.6. The van der Waals surface area contributed by atoms with Crippen LogP contribution < -0.4 is 11.5 Å². The van der Waals surface area contributed by atoms with Gasteiger partial charge in [0, 0.05) is 29.3 Å². The average Bonchev–Trinajstić information content (AvgIpc) is 2.71. The fourth-order valence-corrected chi connectivity index (χ4v) is 2.45. The highest BCUT2D eigenvalue weighted by atomic mass is 32.1. The van der Waals surface area contributed by atoms with Gasteiger partial charge in [-0.25, -0.2) is 15.0 Å². The first kappa shape index (κ1) is 9.98. The van der Waals surface area contributed by atoms with E-state index in [0.29, 0.717) is 17.0 Å². The minimum atomic E-state index is 0.625. The molecular formula is C11H9N5S. The largest absolute Gasteiger partial charge is 0.399 e. The maximum Gasteiger partial charge on any atom is 0.190 e. The van der Waals surface area contributed by atoms with Gasteiger partial charge >= 0.3 is 0 Å². The number of fused-ring (bicyclic) bond motifs is 1. The molecule has 0 radical (unpaired) electrons. The van der Waals surface area contributed by atoms with Gasteiger partial charge in [0.25, 0.3) is 0 Å². The van der Waals surface area contributed by atoms with Crippen molar-refractivity contribution in [1.82, 2.24) is 15.0 Å². The van der Waals surface area contributed by atoms with Gasteiger partial charge in [-0.1, -0.05) is 11.3 Å². The van der Waals surface area contributed by atoms with Gasteiger partial charge in [-0.2, -0.15) is 0 Å². The van der Waals surface area contributed by atoms with Crippen LogP contribution >= 0.6 is 11.3 Å². The lowest BCUT2D eigenvalue weighted by molar-refractivity contribution is 1.26. The molecule has 0 saturated carbocycles. The van der Waals surface area contributed by atoms with Crippen LogP contribution in [0, 0.1) is 0 Å². The molecule has 0 aliphatic heterocycles. The van der Waals surface area contributed by atoms with E-state index in [1.807, 2.05) is 12.1 Å². The van der Waals surface area contributed by atoms with E-state index in [9.17, 15) is 0 Å². The fraction of sp³-hybridized carbons (Fsp3) is 0. The van der Waals surface area contributed by atoms with Crippen LogP contribution in [0.3, 0.4) is 0 Å². The normalized spacial score (nSPS) is 10.8.